The molecule has 3 heterocycles. The van der Waals surface area contributed by atoms with Crippen LogP contribution in [0.5, 0.6) is 0 Å². The normalized spacial score (nSPS) is 16.9. The molecule has 10 heteroatoms. The van der Waals surface area contributed by atoms with Crippen molar-refractivity contribution in [3.63, 3.8) is 0 Å². The average Bonchev–Trinajstić information content (AvgIpc) is 3.35. The van der Waals surface area contributed by atoms with E-state index in [1.54, 1.807) is 0 Å². The lowest BCUT2D eigenvalue weighted by Crippen LogP contribution is -2.32. The van der Waals surface area contributed by atoms with Gasteiger partial charge in [-0.25, -0.2) is 0 Å². The predicted octanol–water partition coefficient (Wildman–Crippen LogP) is 5.67. The van der Waals surface area contributed by atoms with Gasteiger partial charge in [0.05, 0.1) is 16.1 Å². The Balaban J connectivity index is 1.52. The fraction of sp³-hybridized carbons (Fsp3) is 0.350. The molecule has 4 rings (SSSR count). The van der Waals surface area contributed by atoms with E-state index in [0.29, 0.717) is 35.3 Å². The number of hydrogen-bond acceptors (Lipinski definition) is 6. The van der Waals surface area contributed by atoms with Gasteiger partial charge in [-0.05, 0) is 36.1 Å². The SMILES string of the molecule is CC1CCN(C(=O)CCc2nc(-c3cccs3)no2)c2cc(C(F)(F)F)ccc2S1. The van der Waals surface area contributed by atoms with Gasteiger partial charge in [0.2, 0.25) is 17.6 Å². The second-order valence-corrected chi connectivity index (χ2v) is 9.36. The van der Waals surface area contributed by atoms with Crippen LogP contribution in [0, 0.1) is 0 Å². The maximum atomic E-state index is 13.2. The first-order valence-corrected chi connectivity index (χ1v) is 11.1. The summed E-state index contributed by atoms with van der Waals surface area (Å²) >= 11 is 2.97. The molecule has 1 aliphatic heterocycles. The molecule has 0 saturated carbocycles. The van der Waals surface area contributed by atoms with Crippen LogP contribution in [0.25, 0.3) is 10.7 Å². The van der Waals surface area contributed by atoms with Gasteiger partial charge in [0, 0.05) is 29.5 Å². The number of anilines is 1. The minimum absolute atomic E-state index is 0.0702. The van der Waals surface area contributed by atoms with Gasteiger partial charge in [0.15, 0.2) is 0 Å². The first kappa shape index (κ1) is 20.9. The number of aryl methyl sites for hydroxylation is 1. The van der Waals surface area contributed by atoms with E-state index in [1.165, 1.54) is 34.1 Å². The van der Waals surface area contributed by atoms with Crippen molar-refractivity contribution in [2.45, 2.75) is 42.5 Å². The molecule has 0 radical (unpaired) electrons. The molecule has 5 nitrogen and oxygen atoms in total. The molecule has 158 valence electrons. The minimum atomic E-state index is -4.46. The summed E-state index contributed by atoms with van der Waals surface area (Å²) in [5, 5.41) is 6.02. The van der Waals surface area contributed by atoms with E-state index in [9.17, 15) is 18.0 Å². The van der Waals surface area contributed by atoms with Crippen molar-refractivity contribution in [2.24, 2.45) is 0 Å². The maximum Gasteiger partial charge on any atom is 0.416 e. The summed E-state index contributed by atoms with van der Waals surface area (Å²) in [6.45, 7) is 2.37. The maximum absolute atomic E-state index is 13.2. The zero-order valence-corrected chi connectivity index (χ0v) is 17.6. The third-order valence-electron chi connectivity index (χ3n) is 4.73. The number of benzene rings is 1. The molecule has 1 amide bonds. The van der Waals surface area contributed by atoms with Gasteiger partial charge in [-0.2, -0.15) is 18.2 Å². The highest BCUT2D eigenvalue weighted by atomic mass is 32.2. The van der Waals surface area contributed by atoms with Crippen LogP contribution in [-0.4, -0.2) is 27.8 Å². The lowest BCUT2D eigenvalue weighted by molar-refractivity contribution is -0.137. The lowest BCUT2D eigenvalue weighted by atomic mass is 10.1. The molecule has 0 fully saturated rings. The van der Waals surface area contributed by atoms with Gasteiger partial charge in [-0.1, -0.05) is 18.1 Å². The molecule has 0 spiro atoms. The van der Waals surface area contributed by atoms with Crippen LogP contribution in [0.15, 0.2) is 45.1 Å². The Kier molecular flexibility index (Phi) is 5.88. The van der Waals surface area contributed by atoms with E-state index < -0.39 is 11.7 Å². The number of thioether (sulfide) groups is 1. The third-order valence-corrected chi connectivity index (χ3v) is 6.83. The van der Waals surface area contributed by atoms with Crippen LogP contribution in [0.3, 0.4) is 0 Å². The Bertz CT molecular complexity index is 1030. The fourth-order valence-electron chi connectivity index (χ4n) is 3.18. The molecule has 1 atom stereocenters. The highest BCUT2D eigenvalue weighted by Crippen LogP contribution is 2.41. The largest absolute Gasteiger partial charge is 0.416 e. The number of carbonyl (C=O) groups is 1. The Morgan fingerprint density at radius 1 is 1.33 bits per heavy atom. The van der Waals surface area contributed by atoms with Crippen molar-refractivity contribution in [1.29, 1.82) is 0 Å². The number of fused-ring (bicyclic) bond motifs is 1. The van der Waals surface area contributed by atoms with Crippen molar-refractivity contribution in [1.82, 2.24) is 10.1 Å². The van der Waals surface area contributed by atoms with Crippen molar-refractivity contribution in [3.05, 3.63) is 47.2 Å². The fourth-order valence-corrected chi connectivity index (χ4v) is 4.92. The van der Waals surface area contributed by atoms with Crippen LogP contribution >= 0.6 is 23.1 Å². The zero-order valence-electron chi connectivity index (χ0n) is 16.0. The molecular weight excluding hydrogens is 435 g/mol. The summed E-state index contributed by atoms with van der Waals surface area (Å²) in [5.74, 6) is 0.530. The molecule has 1 aliphatic rings. The van der Waals surface area contributed by atoms with Crippen molar-refractivity contribution in [3.8, 4) is 10.7 Å². The summed E-state index contributed by atoms with van der Waals surface area (Å²) in [4.78, 5) is 20.2. The number of amides is 1. The van der Waals surface area contributed by atoms with Crippen LogP contribution in [0.2, 0.25) is 0 Å². The monoisotopic (exact) mass is 453 g/mol. The summed E-state index contributed by atoms with van der Waals surface area (Å²) in [5.41, 5.74) is -0.444. The van der Waals surface area contributed by atoms with E-state index in [-0.39, 0.29) is 24.0 Å². The molecule has 0 saturated heterocycles. The Morgan fingerprint density at radius 2 is 2.17 bits per heavy atom. The summed E-state index contributed by atoms with van der Waals surface area (Å²) in [7, 11) is 0. The van der Waals surface area contributed by atoms with Gasteiger partial charge in [0.25, 0.3) is 0 Å². The smallest absolute Gasteiger partial charge is 0.339 e. The number of alkyl halides is 3. The van der Waals surface area contributed by atoms with E-state index >= 15 is 0 Å². The van der Waals surface area contributed by atoms with Crippen molar-refractivity contribution in [2.75, 3.05) is 11.4 Å². The van der Waals surface area contributed by atoms with Crippen molar-refractivity contribution < 1.29 is 22.5 Å². The highest BCUT2D eigenvalue weighted by Gasteiger charge is 2.33. The van der Waals surface area contributed by atoms with Crippen LogP contribution in [0.4, 0.5) is 18.9 Å². The highest BCUT2D eigenvalue weighted by molar-refractivity contribution is 8.00. The zero-order chi connectivity index (χ0) is 21.3. The number of aromatic nitrogens is 2. The number of halogens is 3. The Morgan fingerprint density at radius 3 is 2.90 bits per heavy atom. The molecule has 3 aromatic rings. The Hall–Kier alpha value is -2.33. The van der Waals surface area contributed by atoms with Crippen molar-refractivity contribution >= 4 is 34.7 Å². The Labute approximate surface area is 179 Å². The lowest BCUT2D eigenvalue weighted by Gasteiger charge is -2.23. The first-order valence-electron chi connectivity index (χ1n) is 9.36. The van der Waals surface area contributed by atoms with E-state index in [4.69, 9.17) is 4.52 Å². The average molecular weight is 454 g/mol. The molecule has 0 aliphatic carbocycles. The number of nitrogens with zero attached hydrogens (tertiary/aromatic N) is 3. The minimum Gasteiger partial charge on any atom is -0.339 e. The molecule has 2 aromatic heterocycles. The van der Waals surface area contributed by atoms with E-state index in [0.717, 1.165) is 17.0 Å². The van der Waals surface area contributed by atoms with Gasteiger partial charge < -0.3 is 9.42 Å². The van der Waals surface area contributed by atoms with Crippen LogP contribution in [0.1, 0.15) is 31.2 Å². The second kappa shape index (κ2) is 8.43. The van der Waals surface area contributed by atoms with Gasteiger partial charge in [0.1, 0.15) is 0 Å². The quantitative estimate of drug-likeness (QED) is 0.510. The van der Waals surface area contributed by atoms with Crippen LogP contribution < -0.4 is 4.90 Å². The third kappa shape index (κ3) is 4.54. The molecular formula is C20H18F3N3O2S2. The van der Waals surface area contributed by atoms with E-state index in [1.807, 2.05) is 24.4 Å². The summed E-state index contributed by atoms with van der Waals surface area (Å²) in [6, 6.07) is 7.34. The number of thiophene rings is 1. The molecule has 1 unspecified atom stereocenters. The molecule has 0 bridgehead atoms. The van der Waals surface area contributed by atoms with Gasteiger partial charge >= 0.3 is 6.18 Å². The van der Waals surface area contributed by atoms with Gasteiger partial charge in [-0.15, -0.1) is 23.1 Å². The number of hydrogen-bond donors (Lipinski definition) is 0. The molecule has 0 N–H and O–H groups in total. The van der Waals surface area contributed by atoms with Gasteiger partial charge in [-0.3, -0.25) is 4.79 Å². The standard InChI is InChI=1S/C20H18F3N3O2S2/c1-12-8-9-26(14-11-13(20(21,22)23)4-5-15(14)30-12)18(27)7-6-17-24-19(25-28-17)16-3-2-10-29-16/h2-5,10-12H,6-9H2,1H3. The summed E-state index contributed by atoms with van der Waals surface area (Å²) in [6.07, 6.45) is -3.48. The predicted molar refractivity (Wildman–Crippen MR) is 110 cm³/mol. The number of carbonyl (C=O) groups excluding carboxylic acids is 1. The summed E-state index contributed by atoms with van der Waals surface area (Å²) < 4.78 is 44.9. The topological polar surface area (TPSA) is 59.2 Å². The second-order valence-electron chi connectivity index (χ2n) is 6.93. The van der Waals surface area contributed by atoms with Crippen LogP contribution in [-0.2, 0) is 17.4 Å². The molecule has 1 aromatic carbocycles. The van der Waals surface area contributed by atoms with E-state index in [2.05, 4.69) is 10.1 Å². The number of rotatable bonds is 4. The first-order chi connectivity index (χ1) is 14.3. The molecule has 30 heavy (non-hydrogen) atoms.